The van der Waals surface area contributed by atoms with Crippen LogP contribution < -0.4 is 10.2 Å². The van der Waals surface area contributed by atoms with Crippen molar-refractivity contribution in [3.63, 3.8) is 0 Å². The zero-order valence-corrected chi connectivity index (χ0v) is 12.4. The molecule has 2 nitrogen and oxygen atoms in total. The summed E-state index contributed by atoms with van der Waals surface area (Å²) in [6.07, 6.45) is 1.20. The third kappa shape index (κ3) is 2.66. The Hall–Kier alpha value is -0.540. The van der Waals surface area contributed by atoms with E-state index in [4.69, 9.17) is 0 Å². The van der Waals surface area contributed by atoms with Crippen molar-refractivity contribution in [2.45, 2.75) is 32.2 Å². The van der Waals surface area contributed by atoms with Gasteiger partial charge in [-0.05, 0) is 51.1 Å². The standard InChI is InChI=1S/C14H21BrN2/c1-4-17-9-11(7-10(2)16-3)13-8-12(15)5-6-14(13)17/h5-6,8,10-11,16H,4,7,9H2,1-3H3. The second-order valence-electron chi connectivity index (χ2n) is 4.86. The molecule has 1 aliphatic rings. The predicted molar refractivity (Wildman–Crippen MR) is 77.9 cm³/mol. The van der Waals surface area contributed by atoms with Crippen LogP contribution in [0.15, 0.2) is 22.7 Å². The molecule has 1 aromatic carbocycles. The maximum absolute atomic E-state index is 3.58. The van der Waals surface area contributed by atoms with E-state index in [1.165, 1.54) is 22.1 Å². The minimum Gasteiger partial charge on any atom is -0.371 e. The van der Waals surface area contributed by atoms with Gasteiger partial charge in [0, 0.05) is 35.2 Å². The zero-order valence-electron chi connectivity index (χ0n) is 10.8. The summed E-state index contributed by atoms with van der Waals surface area (Å²) in [5.41, 5.74) is 2.92. The van der Waals surface area contributed by atoms with E-state index in [0.717, 1.165) is 13.1 Å². The Morgan fingerprint density at radius 3 is 2.94 bits per heavy atom. The summed E-state index contributed by atoms with van der Waals surface area (Å²) in [5, 5.41) is 3.34. The monoisotopic (exact) mass is 296 g/mol. The van der Waals surface area contributed by atoms with Gasteiger partial charge in [0.1, 0.15) is 0 Å². The Labute approximate surface area is 113 Å². The number of nitrogens with zero attached hydrogens (tertiary/aromatic N) is 1. The summed E-state index contributed by atoms with van der Waals surface area (Å²) in [5.74, 6) is 0.657. The van der Waals surface area contributed by atoms with E-state index >= 15 is 0 Å². The van der Waals surface area contributed by atoms with Crippen LogP contribution in [0.25, 0.3) is 0 Å². The summed E-state index contributed by atoms with van der Waals surface area (Å²) < 4.78 is 1.19. The number of anilines is 1. The zero-order chi connectivity index (χ0) is 12.4. The summed E-state index contributed by atoms with van der Waals surface area (Å²) in [7, 11) is 2.04. The molecule has 3 heteroatoms. The summed E-state index contributed by atoms with van der Waals surface area (Å²) in [6, 6.07) is 7.25. The molecule has 2 unspecified atom stereocenters. The van der Waals surface area contributed by atoms with Gasteiger partial charge >= 0.3 is 0 Å². The Balaban J connectivity index is 2.25. The molecule has 1 aromatic rings. The molecule has 1 aliphatic heterocycles. The fraction of sp³-hybridized carbons (Fsp3) is 0.571. The van der Waals surface area contributed by atoms with Crippen molar-refractivity contribution in [1.82, 2.24) is 5.32 Å². The first-order chi connectivity index (χ1) is 8.15. The number of fused-ring (bicyclic) bond motifs is 1. The highest BCUT2D eigenvalue weighted by atomic mass is 79.9. The highest BCUT2D eigenvalue weighted by molar-refractivity contribution is 9.10. The van der Waals surface area contributed by atoms with Gasteiger partial charge in [-0.2, -0.15) is 0 Å². The number of nitrogens with one attached hydrogen (secondary N) is 1. The molecule has 1 N–H and O–H groups in total. The fourth-order valence-corrected chi connectivity index (χ4v) is 3.03. The van der Waals surface area contributed by atoms with Crippen molar-refractivity contribution in [1.29, 1.82) is 0 Å². The van der Waals surface area contributed by atoms with E-state index in [1.54, 1.807) is 0 Å². The number of halogens is 1. The van der Waals surface area contributed by atoms with Crippen LogP contribution in [-0.2, 0) is 0 Å². The van der Waals surface area contributed by atoms with Gasteiger partial charge in [-0.1, -0.05) is 15.9 Å². The molecule has 17 heavy (non-hydrogen) atoms. The highest BCUT2D eigenvalue weighted by Gasteiger charge is 2.28. The first kappa shape index (κ1) is 12.9. The van der Waals surface area contributed by atoms with Gasteiger partial charge in [-0.15, -0.1) is 0 Å². The molecule has 2 atom stereocenters. The van der Waals surface area contributed by atoms with Gasteiger partial charge in [-0.3, -0.25) is 0 Å². The van der Waals surface area contributed by atoms with Gasteiger partial charge in [-0.25, -0.2) is 0 Å². The van der Waals surface area contributed by atoms with E-state index in [2.05, 4.69) is 58.2 Å². The van der Waals surface area contributed by atoms with E-state index < -0.39 is 0 Å². The van der Waals surface area contributed by atoms with Crippen molar-refractivity contribution >= 4 is 21.6 Å². The van der Waals surface area contributed by atoms with Crippen molar-refractivity contribution in [2.75, 3.05) is 25.0 Å². The van der Waals surface area contributed by atoms with Crippen LogP contribution in [0.1, 0.15) is 31.7 Å². The van der Waals surface area contributed by atoms with Crippen LogP contribution in [-0.4, -0.2) is 26.2 Å². The average molecular weight is 297 g/mol. The minimum absolute atomic E-state index is 0.573. The van der Waals surface area contributed by atoms with E-state index in [1.807, 2.05) is 7.05 Å². The first-order valence-corrected chi connectivity index (χ1v) is 7.16. The number of rotatable bonds is 4. The van der Waals surface area contributed by atoms with Gasteiger partial charge < -0.3 is 10.2 Å². The lowest BCUT2D eigenvalue weighted by molar-refractivity contribution is 0.506. The van der Waals surface area contributed by atoms with Gasteiger partial charge in [0.2, 0.25) is 0 Å². The van der Waals surface area contributed by atoms with Gasteiger partial charge in [0.25, 0.3) is 0 Å². The van der Waals surface area contributed by atoms with Crippen LogP contribution in [0.4, 0.5) is 5.69 Å². The number of hydrogen-bond donors (Lipinski definition) is 1. The topological polar surface area (TPSA) is 15.3 Å². The van der Waals surface area contributed by atoms with Crippen LogP contribution in [0, 0.1) is 0 Å². The molecule has 0 amide bonds. The van der Waals surface area contributed by atoms with Crippen LogP contribution in [0.3, 0.4) is 0 Å². The van der Waals surface area contributed by atoms with E-state index in [0.29, 0.717) is 12.0 Å². The van der Waals surface area contributed by atoms with Gasteiger partial charge in [0.15, 0.2) is 0 Å². The number of benzene rings is 1. The molecule has 1 heterocycles. The predicted octanol–water partition coefficient (Wildman–Crippen LogP) is 3.37. The SMILES string of the molecule is CCN1CC(CC(C)NC)c2cc(Br)ccc21. The summed E-state index contributed by atoms with van der Waals surface area (Å²) in [4.78, 5) is 2.48. The Morgan fingerprint density at radius 1 is 1.53 bits per heavy atom. The maximum Gasteiger partial charge on any atom is 0.0403 e. The van der Waals surface area contributed by atoms with Gasteiger partial charge in [0.05, 0.1) is 0 Å². The van der Waals surface area contributed by atoms with Crippen molar-refractivity contribution in [2.24, 2.45) is 0 Å². The molecular weight excluding hydrogens is 276 g/mol. The summed E-state index contributed by atoms with van der Waals surface area (Å²) in [6.45, 7) is 6.75. The Kier molecular flexibility index (Phi) is 4.10. The molecule has 0 aromatic heterocycles. The second-order valence-corrected chi connectivity index (χ2v) is 5.78. The fourth-order valence-electron chi connectivity index (χ4n) is 2.65. The number of hydrogen-bond acceptors (Lipinski definition) is 2. The maximum atomic E-state index is 3.58. The molecule has 0 bridgehead atoms. The smallest absolute Gasteiger partial charge is 0.0403 e. The molecule has 0 fully saturated rings. The molecule has 0 saturated carbocycles. The minimum atomic E-state index is 0.573. The molecule has 2 rings (SSSR count). The lowest BCUT2D eigenvalue weighted by Crippen LogP contribution is -2.26. The summed E-state index contributed by atoms with van der Waals surface area (Å²) >= 11 is 3.58. The van der Waals surface area contributed by atoms with E-state index in [-0.39, 0.29) is 0 Å². The largest absolute Gasteiger partial charge is 0.371 e. The average Bonchev–Trinajstić information content (AvgIpc) is 2.66. The van der Waals surface area contributed by atoms with Crippen LogP contribution in [0.5, 0.6) is 0 Å². The van der Waals surface area contributed by atoms with Crippen LogP contribution >= 0.6 is 15.9 Å². The lowest BCUT2D eigenvalue weighted by atomic mass is 9.95. The third-order valence-electron chi connectivity index (χ3n) is 3.72. The van der Waals surface area contributed by atoms with Crippen molar-refractivity contribution < 1.29 is 0 Å². The van der Waals surface area contributed by atoms with Crippen LogP contribution in [0.2, 0.25) is 0 Å². The Morgan fingerprint density at radius 2 is 2.29 bits per heavy atom. The molecular formula is C14H21BrN2. The Bertz CT molecular complexity index is 390. The lowest BCUT2D eigenvalue weighted by Gasteiger charge is -2.18. The third-order valence-corrected chi connectivity index (χ3v) is 4.22. The molecule has 0 saturated heterocycles. The van der Waals surface area contributed by atoms with Crippen molar-refractivity contribution in [3.05, 3.63) is 28.2 Å². The van der Waals surface area contributed by atoms with Crippen molar-refractivity contribution in [3.8, 4) is 0 Å². The highest BCUT2D eigenvalue weighted by Crippen LogP contribution is 2.39. The number of likely N-dealkylation sites (N-methyl/N-ethyl adjacent to an activating group) is 1. The normalized spacial score (nSPS) is 20.5. The molecule has 94 valence electrons. The molecule has 0 spiro atoms. The van der Waals surface area contributed by atoms with E-state index in [9.17, 15) is 0 Å². The quantitative estimate of drug-likeness (QED) is 0.916. The molecule has 0 radical (unpaired) electrons. The second kappa shape index (κ2) is 5.40. The molecule has 0 aliphatic carbocycles. The first-order valence-electron chi connectivity index (χ1n) is 6.37.